The molecular formula is C14H18FNO4. The molecule has 0 saturated carbocycles. The summed E-state index contributed by atoms with van der Waals surface area (Å²) in [6, 6.07) is 8.36. The molecule has 0 aliphatic rings. The van der Waals surface area contributed by atoms with Crippen LogP contribution in [0.4, 0.5) is 9.18 Å². The smallest absolute Gasteiger partial charge is 0.407 e. The lowest BCUT2D eigenvalue weighted by Gasteiger charge is -2.14. The van der Waals surface area contributed by atoms with E-state index in [2.05, 4.69) is 10.1 Å². The van der Waals surface area contributed by atoms with Crippen LogP contribution in [0.25, 0.3) is 0 Å². The van der Waals surface area contributed by atoms with E-state index in [-0.39, 0.29) is 19.4 Å². The molecule has 20 heavy (non-hydrogen) atoms. The normalized spacial score (nSPS) is 11.7. The van der Waals surface area contributed by atoms with Crippen LogP contribution >= 0.6 is 0 Å². The lowest BCUT2D eigenvalue weighted by Crippen LogP contribution is -2.41. The average molecular weight is 283 g/mol. The summed E-state index contributed by atoms with van der Waals surface area (Å²) in [6.45, 7) is -0.642. The minimum absolute atomic E-state index is 0.0621. The number of alkyl carbamates (subject to hydrolysis) is 1. The maximum absolute atomic E-state index is 11.8. The summed E-state index contributed by atoms with van der Waals surface area (Å²) >= 11 is 0. The topological polar surface area (TPSA) is 75.6 Å². The van der Waals surface area contributed by atoms with Gasteiger partial charge in [0.25, 0.3) is 0 Å². The Morgan fingerprint density at radius 3 is 2.60 bits per heavy atom. The highest BCUT2D eigenvalue weighted by molar-refractivity contribution is 5.79. The molecule has 1 aromatic carbocycles. The van der Waals surface area contributed by atoms with Gasteiger partial charge in [-0.15, -0.1) is 0 Å². The van der Waals surface area contributed by atoms with E-state index >= 15 is 0 Å². The zero-order valence-electron chi connectivity index (χ0n) is 11.0. The Kier molecular flexibility index (Phi) is 7.10. The standard InChI is InChI=1S/C14H18FNO4/c15-9-4-10-20-14(19)16-12(13(17)18)8-7-11-5-2-1-3-6-11/h1-3,5-6,12H,4,7-10H2,(H,16,19)(H,17,18). The van der Waals surface area contributed by atoms with Crippen LogP contribution in [-0.4, -0.2) is 36.5 Å². The molecule has 0 fully saturated rings. The molecular weight excluding hydrogens is 265 g/mol. The third-order valence-corrected chi connectivity index (χ3v) is 2.67. The summed E-state index contributed by atoms with van der Waals surface area (Å²) in [5.41, 5.74) is 0.992. The van der Waals surface area contributed by atoms with Gasteiger partial charge in [-0.25, -0.2) is 9.59 Å². The van der Waals surface area contributed by atoms with Gasteiger partial charge < -0.3 is 15.2 Å². The first-order valence-corrected chi connectivity index (χ1v) is 6.39. The van der Waals surface area contributed by atoms with Gasteiger partial charge in [-0.3, -0.25) is 4.39 Å². The van der Waals surface area contributed by atoms with Crippen LogP contribution in [-0.2, 0) is 16.0 Å². The molecule has 1 rings (SSSR count). The van der Waals surface area contributed by atoms with Gasteiger partial charge in [0, 0.05) is 6.42 Å². The highest BCUT2D eigenvalue weighted by Gasteiger charge is 2.20. The molecule has 1 amide bonds. The van der Waals surface area contributed by atoms with E-state index in [4.69, 9.17) is 5.11 Å². The van der Waals surface area contributed by atoms with E-state index in [1.165, 1.54) is 0 Å². The zero-order valence-corrected chi connectivity index (χ0v) is 11.0. The van der Waals surface area contributed by atoms with Crippen molar-refractivity contribution in [2.24, 2.45) is 0 Å². The number of ether oxygens (including phenoxy) is 1. The van der Waals surface area contributed by atoms with Crippen molar-refractivity contribution in [3.05, 3.63) is 35.9 Å². The van der Waals surface area contributed by atoms with E-state index < -0.39 is 24.8 Å². The number of carboxylic acids is 1. The lowest BCUT2D eigenvalue weighted by molar-refractivity contribution is -0.139. The summed E-state index contributed by atoms with van der Waals surface area (Å²) < 4.78 is 16.5. The Bertz CT molecular complexity index is 424. The molecule has 1 aromatic rings. The second kappa shape index (κ2) is 8.90. The SMILES string of the molecule is O=C(NC(CCc1ccccc1)C(=O)O)OCCCF. The maximum atomic E-state index is 11.8. The summed E-state index contributed by atoms with van der Waals surface area (Å²) in [4.78, 5) is 22.4. The van der Waals surface area contributed by atoms with Crippen LogP contribution in [0.15, 0.2) is 30.3 Å². The van der Waals surface area contributed by atoms with Crippen LogP contribution in [0.2, 0.25) is 0 Å². The summed E-state index contributed by atoms with van der Waals surface area (Å²) in [5.74, 6) is -1.12. The first-order chi connectivity index (χ1) is 9.63. The number of aliphatic carboxylic acids is 1. The molecule has 5 nitrogen and oxygen atoms in total. The second-order valence-electron chi connectivity index (χ2n) is 4.24. The number of hydrogen-bond donors (Lipinski definition) is 2. The number of rotatable bonds is 8. The molecule has 0 spiro atoms. The van der Waals surface area contributed by atoms with Crippen molar-refractivity contribution in [2.45, 2.75) is 25.3 Å². The Morgan fingerprint density at radius 1 is 1.30 bits per heavy atom. The Morgan fingerprint density at radius 2 is 2.00 bits per heavy atom. The number of aryl methyl sites for hydroxylation is 1. The van der Waals surface area contributed by atoms with E-state index in [9.17, 15) is 14.0 Å². The average Bonchev–Trinajstić information content (AvgIpc) is 2.44. The quantitative estimate of drug-likeness (QED) is 0.717. The Labute approximate surface area is 116 Å². The van der Waals surface area contributed by atoms with Crippen molar-refractivity contribution in [3.8, 4) is 0 Å². The Balaban J connectivity index is 2.40. The number of hydrogen-bond acceptors (Lipinski definition) is 3. The first kappa shape index (κ1) is 15.9. The lowest BCUT2D eigenvalue weighted by atomic mass is 10.1. The summed E-state index contributed by atoms with van der Waals surface area (Å²) in [6.07, 6.45) is 0.0638. The van der Waals surface area contributed by atoms with Crippen molar-refractivity contribution in [3.63, 3.8) is 0 Å². The fourth-order valence-electron chi connectivity index (χ4n) is 1.62. The first-order valence-electron chi connectivity index (χ1n) is 6.39. The van der Waals surface area contributed by atoms with Gasteiger partial charge in [0.1, 0.15) is 6.04 Å². The van der Waals surface area contributed by atoms with Crippen LogP contribution in [0.3, 0.4) is 0 Å². The molecule has 2 N–H and O–H groups in total. The molecule has 0 saturated heterocycles. The number of alkyl halides is 1. The number of benzene rings is 1. The monoisotopic (exact) mass is 283 g/mol. The van der Waals surface area contributed by atoms with Gasteiger partial charge in [0.05, 0.1) is 13.3 Å². The molecule has 0 aliphatic carbocycles. The molecule has 1 atom stereocenters. The van der Waals surface area contributed by atoms with Gasteiger partial charge >= 0.3 is 12.1 Å². The molecule has 0 aliphatic heterocycles. The van der Waals surface area contributed by atoms with Crippen molar-refractivity contribution >= 4 is 12.1 Å². The van der Waals surface area contributed by atoms with Crippen molar-refractivity contribution < 1.29 is 23.8 Å². The minimum atomic E-state index is -1.12. The fourth-order valence-corrected chi connectivity index (χ4v) is 1.62. The molecule has 0 bridgehead atoms. The largest absolute Gasteiger partial charge is 0.480 e. The molecule has 0 aromatic heterocycles. The number of carboxylic acid groups (broad SMARTS) is 1. The Hall–Kier alpha value is -2.11. The molecule has 0 radical (unpaired) electrons. The van der Waals surface area contributed by atoms with E-state index in [0.29, 0.717) is 6.42 Å². The number of halogens is 1. The van der Waals surface area contributed by atoms with Crippen LogP contribution in [0.1, 0.15) is 18.4 Å². The highest BCUT2D eigenvalue weighted by atomic mass is 19.1. The van der Waals surface area contributed by atoms with E-state index in [1.54, 1.807) is 0 Å². The van der Waals surface area contributed by atoms with Crippen LogP contribution < -0.4 is 5.32 Å². The number of amides is 1. The van der Waals surface area contributed by atoms with Crippen LogP contribution in [0, 0.1) is 0 Å². The summed E-state index contributed by atoms with van der Waals surface area (Å²) in [5, 5.41) is 11.3. The highest BCUT2D eigenvalue weighted by Crippen LogP contribution is 2.05. The van der Waals surface area contributed by atoms with Gasteiger partial charge in [0.15, 0.2) is 0 Å². The molecule has 1 unspecified atom stereocenters. The molecule has 6 heteroatoms. The molecule has 110 valence electrons. The van der Waals surface area contributed by atoms with Crippen molar-refractivity contribution in [1.29, 1.82) is 0 Å². The summed E-state index contributed by atoms with van der Waals surface area (Å²) in [7, 11) is 0. The molecule has 0 heterocycles. The van der Waals surface area contributed by atoms with Crippen molar-refractivity contribution in [1.82, 2.24) is 5.32 Å². The number of nitrogens with one attached hydrogen (secondary N) is 1. The van der Waals surface area contributed by atoms with Gasteiger partial charge in [-0.05, 0) is 18.4 Å². The van der Waals surface area contributed by atoms with Crippen molar-refractivity contribution in [2.75, 3.05) is 13.3 Å². The number of carbonyl (C=O) groups is 2. The number of carbonyl (C=O) groups excluding carboxylic acids is 1. The van der Waals surface area contributed by atoms with Gasteiger partial charge in [-0.1, -0.05) is 30.3 Å². The third kappa shape index (κ3) is 6.17. The van der Waals surface area contributed by atoms with Crippen LogP contribution in [0.5, 0.6) is 0 Å². The fraction of sp³-hybridized carbons (Fsp3) is 0.429. The predicted octanol–water partition coefficient (Wildman–Crippen LogP) is 2.16. The zero-order chi connectivity index (χ0) is 14.8. The maximum Gasteiger partial charge on any atom is 0.407 e. The van der Waals surface area contributed by atoms with E-state index in [1.807, 2.05) is 30.3 Å². The predicted molar refractivity (Wildman–Crippen MR) is 71.3 cm³/mol. The third-order valence-electron chi connectivity index (χ3n) is 2.67. The van der Waals surface area contributed by atoms with E-state index in [0.717, 1.165) is 5.56 Å². The van der Waals surface area contributed by atoms with Gasteiger partial charge in [0.2, 0.25) is 0 Å². The van der Waals surface area contributed by atoms with Gasteiger partial charge in [-0.2, -0.15) is 0 Å². The minimum Gasteiger partial charge on any atom is -0.480 e. The second-order valence-corrected chi connectivity index (χ2v) is 4.24.